The van der Waals surface area contributed by atoms with Gasteiger partial charge in [-0.1, -0.05) is 42.0 Å². The Morgan fingerprint density at radius 1 is 0.925 bits per heavy atom. The second kappa shape index (κ2) is 10.5. The molecule has 3 aromatic carbocycles. The van der Waals surface area contributed by atoms with Crippen molar-refractivity contribution in [2.45, 2.75) is 33.7 Å². The zero-order valence-electron chi connectivity index (χ0n) is 22.5. The van der Waals surface area contributed by atoms with Crippen LogP contribution in [0.1, 0.15) is 45.6 Å². The summed E-state index contributed by atoms with van der Waals surface area (Å²) in [5.41, 5.74) is 5.70. The number of aryl methyl sites for hydroxylation is 3. The summed E-state index contributed by atoms with van der Waals surface area (Å²) in [7, 11) is 0. The van der Waals surface area contributed by atoms with Crippen molar-refractivity contribution >= 4 is 34.7 Å². The van der Waals surface area contributed by atoms with Crippen LogP contribution in [-0.4, -0.2) is 26.5 Å². The normalized spacial score (nSPS) is 14.2. The number of carbonyl (C=O) groups is 2. The van der Waals surface area contributed by atoms with E-state index in [0.717, 1.165) is 16.7 Å². The van der Waals surface area contributed by atoms with Crippen LogP contribution in [0.5, 0.6) is 0 Å². The molecule has 202 valence electrons. The lowest BCUT2D eigenvalue weighted by atomic mass is 9.94. The van der Waals surface area contributed by atoms with E-state index in [2.05, 4.69) is 21.0 Å². The van der Waals surface area contributed by atoms with Crippen molar-refractivity contribution < 1.29 is 14.5 Å². The first kappa shape index (κ1) is 26.4. The Hall–Kier alpha value is -5.25. The number of carbonyl (C=O) groups excluding carboxylic acids is 2. The lowest BCUT2D eigenvalue weighted by Crippen LogP contribution is -2.32. The van der Waals surface area contributed by atoms with Gasteiger partial charge in [-0.25, -0.2) is 4.68 Å². The highest BCUT2D eigenvalue weighted by Gasteiger charge is 2.36. The molecule has 3 N–H and O–H groups in total. The molecular formula is C30H28N6O4. The number of allylic oxidation sites excluding steroid dienone is 1. The Balaban J connectivity index is 1.58. The van der Waals surface area contributed by atoms with Crippen LogP contribution < -0.4 is 16.0 Å². The van der Waals surface area contributed by atoms with Crippen molar-refractivity contribution in [3.63, 3.8) is 0 Å². The highest BCUT2D eigenvalue weighted by molar-refractivity contribution is 6.09. The smallest absolute Gasteiger partial charge is 0.269 e. The number of nitro groups is 1. The molecule has 40 heavy (non-hydrogen) atoms. The molecule has 0 saturated carbocycles. The van der Waals surface area contributed by atoms with E-state index in [9.17, 15) is 19.7 Å². The monoisotopic (exact) mass is 536 g/mol. The summed E-state index contributed by atoms with van der Waals surface area (Å²) in [4.78, 5) is 38.2. The number of non-ortho nitro benzene ring substituents is 1. The molecule has 5 rings (SSSR count). The number of aromatic nitrogens is 2. The lowest BCUT2D eigenvalue weighted by molar-refractivity contribution is -0.384. The number of nitro benzene ring substituents is 1. The molecule has 0 bridgehead atoms. The number of hydrogen-bond donors (Lipinski definition) is 3. The second-order valence-electron chi connectivity index (χ2n) is 9.87. The van der Waals surface area contributed by atoms with E-state index in [1.54, 1.807) is 25.1 Å². The fourth-order valence-electron chi connectivity index (χ4n) is 4.90. The highest BCUT2D eigenvalue weighted by Crippen LogP contribution is 2.39. The van der Waals surface area contributed by atoms with Crippen LogP contribution in [0.4, 0.5) is 22.9 Å². The predicted octanol–water partition coefficient (Wildman–Crippen LogP) is 5.90. The molecule has 0 radical (unpaired) electrons. The summed E-state index contributed by atoms with van der Waals surface area (Å²) in [6, 6.07) is 18.4. The van der Waals surface area contributed by atoms with E-state index < -0.39 is 11.0 Å². The molecular weight excluding hydrogens is 508 g/mol. The standard InChI is InChI=1S/C30H28N6O4/c1-17-7-5-9-22(14-17)33-29(37)24-16-31-35-27(21-8-6-10-23(15-21)36(39)40)26(20(4)32-28(24)35)30(38)34-25-12-11-18(2)13-19(25)3/h5-16,27,32H,1-4H3,(H,33,37)(H,34,38)/t27-/m1/s1. The quantitative estimate of drug-likeness (QED) is 0.208. The second-order valence-corrected chi connectivity index (χ2v) is 9.87. The predicted molar refractivity (Wildman–Crippen MR) is 153 cm³/mol. The molecule has 0 unspecified atom stereocenters. The van der Waals surface area contributed by atoms with Gasteiger partial charge in [0.15, 0.2) is 0 Å². The largest absolute Gasteiger partial charge is 0.343 e. The van der Waals surface area contributed by atoms with Gasteiger partial charge < -0.3 is 16.0 Å². The topological polar surface area (TPSA) is 131 Å². The van der Waals surface area contributed by atoms with E-state index >= 15 is 0 Å². The van der Waals surface area contributed by atoms with Crippen LogP contribution >= 0.6 is 0 Å². The molecule has 2 amide bonds. The first-order chi connectivity index (χ1) is 19.1. The summed E-state index contributed by atoms with van der Waals surface area (Å²) in [6.45, 7) is 7.55. The van der Waals surface area contributed by atoms with Gasteiger partial charge in [0.2, 0.25) is 0 Å². The number of nitrogens with one attached hydrogen (secondary N) is 3. The SMILES string of the molecule is CC1=C(C(=O)Nc2ccc(C)cc2C)[C@@H](c2cccc([N+](=O)[O-])c2)n2ncc(C(=O)Nc3cccc(C)c3)c2N1. The van der Waals surface area contributed by atoms with Gasteiger partial charge in [-0.2, -0.15) is 5.10 Å². The van der Waals surface area contributed by atoms with E-state index in [1.807, 2.05) is 57.2 Å². The number of benzene rings is 3. The van der Waals surface area contributed by atoms with Gasteiger partial charge in [0.05, 0.1) is 16.7 Å². The molecule has 1 aliphatic heterocycles. The summed E-state index contributed by atoms with van der Waals surface area (Å²) in [6.07, 6.45) is 1.43. The summed E-state index contributed by atoms with van der Waals surface area (Å²) < 4.78 is 1.52. The number of rotatable bonds is 6. The zero-order chi connectivity index (χ0) is 28.6. The van der Waals surface area contributed by atoms with E-state index in [4.69, 9.17) is 0 Å². The highest BCUT2D eigenvalue weighted by atomic mass is 16.6. The number of amides is 2. The third-order valence-corrected chi connectivity index (χ3v) is 6.82. The van der Waals surface area contributed by atoms with Gasteiger partial charge >= 0.3 is 0 Å². The van der Waals surface area contributed by atoms with Crippen molar-refractivity contribution in [1.82, 2.24) is 9.78 Å². The minimum Gasteiger partial charge on any atom is -0.343 e. The molecule has 1 aliphatic rings. The molecule has 10 heteroatoms. The maximum atomic E-state index is 13.8. The van der Waals surface area contributed by atoms with Crippen LogP contribution in [0.2, 0.25) is 0 Å². The van der Waals surface area contributed by atoms with Crippen LogP contribution in [-0.2, 0) is 4.79 Å². The van der Waals surface area contributed by atoms with E-state index in [1.165, 1.54) is 23.0 Å². The molecule has 10 nitrogen and oxygen atoms in total. The summed E-state index contributed by atoms with van der Waals surface area (Å²) in [5, 5.41) is 25.1. The van der Waals surface area contributed by atoms with Gasteiger partial charge in [-0.05, 0) is 62.6 Å². The third kappa shape index (κ3) is 5.06. The molecule has 0 saturated heterocycles. The minimum absolute atomic E-state index is 0.117. The average Bonchev–Trinajstić information content (AvgIpc) is 3.33. The fraction of sp³-hybridized carbons (Fsp3) is 0.167. The number of anilines is 3. The Morgan fingerprint density at radius 3 is 2.40 bits per heavy atom. The van der Waals surface area contributed by atoms with Crippen LogP contribution in [0.3, 0.4) is 0 Å². The minimum atomic E-state index is -0.831. The van der Waals surface area contributed by atoms with Crippen LogP contribution in [0, 0.1) is 30.9 Å². The van der Waals surface area contributed by atoms with Crippen molar-refractivity contribution in [2.24, 2.45) is 0 Å². The lowest BCUT2D eigenvalue weighted by Gasteiger charge is -2.30. The maximum Gasteiger partial charge on any atom is 0.269 e. The van der Waals surface area contributed by atoms with E-state index in [0.29, 0.717) is 34.0 Å². The molecule has 4 aromatic rings. The Labute approximate surface area is 230 Å². The summed E-state index contributed by atoms with van der Waals surface area (Å²) in [5.74, 6) is -0.393. The maximum absolute atomic E-state index is 13.8. The average molecular weight is 537 g/mol. The third-order valence-electron chi connectivity index (χ3n) is 6.82. The van der Waals surface area contributed by atoms with Gasteiger partial charge in [0, 0.05) is 29.2 Å². The molecule has 1 aromatic heterocycles. The molecule has 0 fully saturated rings. The van der Waals surface area contributed by atoms with Gasteiger partial charge in [0.25, 0.3) is 17.5 Å². The first-order valence-corrected chi connectivity index (χ1v) is 12.7. The van der Waals surface area contributed by atoms with Gasteiger partial charge in [-0.15, -0.1) is 0 Å². The van der Waals surface area contributed by atoms with Gasteiger partial charge in [0.1, 0.15) is 17.4 Å². The van der Waals surface area contributed by atoms with Crippen molar-refractivity contribution in [2.75, 3.05) is 16.0 Å². The van der Waals surface area contributed by atoms with E-state index in [-0.39, 0.29) is 23.1 Å². The van der Waals surface area contributed by atoms with Crippen LogP contribution in [0.15, 0.2) is 84.2 Å². The first-order valence-electron chi connectivity index (χ1n) is 12.7. The zero-order valence-corrected chi connectivity index (χ0v) is 22.5. The number of hydrogen-bond acceptors (Lipinski definition) is 6. The van der Waals surface area contributed by atoms with Crippen molar-refractivity contribution in [3.8, 4) is 0 Å². The Bertz CT molecular complexity index is 1700. The molecule has 1 atom stereocenters. The van der Waals surface area contributed by atoms with Crippen LogP contribution in [0.25, 0.3) is 0 Å². The Morgan fingerprint density at radius 2 is 1.68 bits per heavy atom. The fourth-order valence-corrected chi connectivity index (χ4v) is 4.90. The molecule has 2 heterocycles. The van der Waals surface area contributed by atoms with Crippen molar-refractivity contribution in [3.05, 3.63) is 122 Å². The van der Waals surface area contributed by atoms with Crippen molar-refractivity contribution in [1.29, 1.82) is 0 Å². The molecule has 0 aliphatic carbocycles. The number of fused-ring (bicyclic) bond motifs is 1. The summed E-state index contributed by atoms with van der Waals surface area (Å²) >= 11 is 0. The molecule has 0 spiro atoms. The van der Waals surface area contributed by atoms with Gasteiger partial charge in [-0.3, -0.25) is 19.7 Å². The Kier molecular flexibility index (Phi) is 6.91. The number of nitrogens with zero attached hydrogens (tertiary/aromatic N) is 3.